The Morgan fingerprint density at radius 3 is 2.16 bits per heavy atom. The summed E-state index contributed by atoms with van der Waals surface area (Å²) in [5.41, 5.74) is 0.956. The maximum absolute atomic E-state index is 12.2. The number of amides is 2. The Bertz CT molecular complexity index is 461. The molecular formula is C15H17NO3. The molecule has 2 fully saturated rings. The van der Waals surface area contributed by atoms with Gasteiger partial charge in [0.15, 0.2) is 0 Å². The number of hydrogen-bond donors (Lipinski definition) is 0. The Labute approximate surface area is 112 Å². The summed E-state index contributed by atoms with van der Waals surface area (Å²) in [4.78, 5) is 29.7. The van der Waals surface area contributed by atoms with Crippen LogP contribution in [0.5, 0.6) is 0 Å². The fourth-order valence-electron chi connectivity index (χ4n) is 2.97. The number of carbonyl (C=O) groups is 2. The van der Waals surface area contributed by atoms with Crippen molar-refractivity contribution in [1.82, 2.24) is 5.06 Å². The number of rotatable bonds is 3. The molecule has 19 heavy (non-hydrogen) atoms. The molecule has 0 bridgehead atoms. The summed E-state index contributed by atoms with van der Waals surface area (Å²) < 4.78 is 0. The molecule has 1 aliphatic carbocycles. The molecule has 1 saturated carbocycles. The smallest absolute Gasteiger partial charge is 0.257 e. The maximum atomic E-state index is 12.2. The van der Waals surface area contributed by atoms with Crippen LogP contribution in [0.15, 0.2) is 30.3 Å². The Balaban J connectivity index is 1.68. The summed E-state index contributed by atoms with van der Waals surface area (Å²) >= 11 is 0. The van der Waals surface area contributed by atoms with Crippen molar-refractivity contribution in [3.63, 3.8) is 0 Å². The van der Waals surface area contributed by atoms with Gasteiger partial charge >= 0.3 is 0 Å². The standard InChI is InChI=1S/C15H17NO3/c17-14-12-8-4-5-9-13(12)15(18)16(14)19-10-11-6-2-1-3-7-11/h1-3,6-7,12-13H,4-5,8-10H2. The second kappa shape index (κ2) is 5.13. The van der Waals surface area contributed by atoms with Crippen LogP contribution in [0.25, 0.3) is 0 Å². The van der Waals surface area contributed by atoms with Gasteiger partial charge in [0.25, 0.3) is 11.8 Å². The molecule has 1 aliphatic heterocycles. The highest BCUT2D eigenvalue weighted by atomic mass is 16.7. The van der Waals surface area contributed by atoms with Crippen molar-refractivity contribution in [1.29, 1.82) is 0 Å². The molecule has 0 N–H and O–H groups in total. The van der Waals surface area contributed by atoms with E-state index in [9.17, 15) is 9.59 Å². The predicted octanol–water partition coefficient (Wildman–Crippen LogP) is 2.29. The van der Waals surface area contributed by atoms with Crippen molar-refractivity contribution < 1.29 is 14.4 Å². The zero-order valence-corrected chi connectivity index (χ0v) is 10.7. The Morgan fingerprint density at radius 2 is 1.58 bits per heavy atom. The molecule has 2 atom stereocenters. The number of benzene rings is 1. The lowest BCUT2D eigenvalue weighted by Gasteiger charge is -2.19. The molecule has 1 heterocycles. The van der Waals surface area contributed by atoms with Crippen LogP contribution in [0.2, 0.25) is 0 Å². The average molecular weight is 259 g/mol. The van der Waals surface area contributed by atoms with Gasteiger partial charge in [-0.15, -0.1) is 0 Å². The topological polar surface area (TPSA) is 46.6 Å². The van der Waals surface area contributed by atoms with E-state index in [2.05, 4.69) is 0 Å². The van der Waals surface area contributed by atoms with E-state index in [1.165, 1.54) is 0 Å². The van der Waals surface area contributed by atoms with Gasteiger partial charge in [-0.1, -0.05) is 43.2 Å². The fourth-order valence-corrected chi connectivity index (χ4v) is 2.97. The minimum Gasteiger partial charge on any atom is -0.272 e. The molecule has 1 saturated heterocycles. The normalized spacial score (nSPS) is 26.6. The second-order valence-electron chi connectivity index (χ2n) is 5.23. The first-order chi connectivity index (χ1) is 9.27. The summed E-state index contributed by atoms with van der Waals surface area (Å²) in [5.74, 6) is -0.578. The van der Waals surface area contributed by atoms with Crippen LogP contribution in [-0.4, -0.2) is 16.9 Å². The zero-order chi connectivity index (χ0) is 13.2. The third-order valence-corrected chi connectivity index (χ3v) is 4.00. The monoisotopic (exact) mass is 259 g/mol. The van der Waals surface area contributed by atoms with E-state index >= 15 is 0 Å². The van der Waals surface area contributed by atoms with E-state index in [0.717, 1.165) is 36.3 Å². The molecule has 2 unspecified atom stereocenters. The molecular weight excluding hydrogens is 242 g/mol. The van der Waals surface area contributed by atoms with Crippen LogP contribution in [0.4, 0.5) is 0 Å². The van der Waals surface area contributed by atoms with Crippen molar-refractivity contribution in [2.75, 3.05) is 0 Å². The first-order valence-corrected chi connectivity index (χ1v) is 6.82. The van der Waals surface area contributed by atoms with Gasteiger partial charge in [-0.05, 0) is 18.4 Å². The fraction of sp³-hybridized carbons (Fsp3) is 0.467. The van der Waals surface area contributed by atoms with Crippen LogP contribution in [-0.2, 0) is 21.0 Å². The van der Waals surface area contributed by atoms with Gasteiger partial charge in [0.2, 0.25) is 0 Å². The van der Waals surface area contributed by atoms with Crippen molar-refractivity contribution in [2.24, 2.45) is 11.8 Å². The number of imide groups is 1. The molecule has 0 radical (unpaired) electrons. The van der Waals surface area contributed by atoms with Gasteiger partial charge in [-0.25, -0.2) is 0 Å². The summed E-state index contributed by atoms with van der Waals surface area (Å²) in [5, 5.41) is 1.01. The summed E-state index contributed by atoms with van der Waals surface area (Å²) in [6, 6.07) is 9.57. The van der Waals surface area contributed by atoms with Gasteiger partial charge in [0.05, 0.1) is 11.8 Å². The molecule has 3 rings (SSSR count). The van der Waals surface area contributed by atoms with E-state index < -0.39 is 0 Å². The van der Waals surface area contributed by atoms with E-state index in [1.807, 2.05) is 30.3 Å². The Morgan fingerprint density at radius 1 is 1.00 bits per heavy atom. The maximum Gasteiger partial charge on any atom is 0.257 e. The van der Waals surface area contributed by atoms with Gasteiger partial charge in [-0.3, -0.25) is 14.4 Å². The first kappa shape index (κ1) is 12.4. The molecule has 2 amide bonds. The van der Waals surface area contributed by atoms with E-state index in [0.29, 0.717) is 0 Å². The third-order valence-electron chi connectivity index (χ3n) is 4.00. The van der Waals surface area contributed by atoms with E-state index in [-0.39, 0.29) is 30.3 Å². The average Bonchev–Trinajstić information content (AvgIpc) is 2.71. The SMILES string of the molecule is O=C1C2CCCCC2C(=O)N1OCc1ccccc1. The minimum atomic E-state index is -0.148. The second-order valence-corrected chi connectivity index (χ2v) is 5.23. The van der Waals surface area contributed by atoms with Crippen LogP contribution >= 0.6 is 0 Å². The Hall–Kier alpha value is -1.68. The Kier molecular flexibility index (Phi) is 3.34. The summed E-state index contributed by atoms with van der Waals surface area (Å²) in [7, 11) is 0. The molecule has 100 valence electrons. The summed E-state index contributed by atoms with van der Waals surface area (Å²) in [6.07, 6.45) is 3.71. The van der Waals surface area contributed by atoms with Crippen LogP contribution < -0.4 is 0 Å². The van der Waals surface area contributed by atoms with Crippen molar-refractivity contribution in [2.45, 2.75) is 32.3 Å². The highest BCUT2D eigenvalue weighted by molar-refractivity contribution is 6.04. The van der Waals surface area contributed by atoms with E-state index in [4.69, 9.17) is 4.84 Å². The number of nitrogens with zero attached hydrogens (tertiary/aromatic N) is 1. The minimum absolute atomic E-state index is 0.142. The lowest BCUT2D eigenvalue weighted by atomic mass is 9.81. The van der Waals surface area contributed by atoms with Gasteiger partial charge in [-0.2, -0.15) is 5.06 Å². The highest BCUT2D eigenvalue weighted by Crippen LogP contribution is 2.38. The molecule has 1 aromatic rings. The quantitative estimate of drug-likeness (QED) is 0.782. The first-order valence-electron chi connectivity index (χ1n) is 6.82. The molecule has 2 aliphatic rings. The van der Waals surface area contributed by atoms with Crippen LogP contribution in [0.1, 0.15) is 31.2 Å². The zero-order valence-electron chi connectivity index (χ0n) is 10.7. The van der Waals surface area contributed by atoms with Gasteiger partial charge in [0, 0.05) is 0 Å². The lowest BCUT2D eigenvalue weighted by molar-refractivity contribution is -0.193. The van der Waals surface area contributed by atoms with Crippen molar-refractivity contribution in [3.8, 4) is 0 Å². The largest absolute Gasteiger partial charge is 0.272 e. The third kappa shape index (κ3) is 2.28. The number of hydroxylamine groups is 2. The number of hydrogen-bond acceptors (Lipinski definition) is 3. The summed E-state index contributed by atoms with van der Waals surface area (Å²) in [6.45, 7) is 0.262. The predicted molar refractivity (Wildman–Crippen MR) is 68.5 cm³/mol. The molecule has 0 aromatic heterocycles. The van der Waals surface area contributed by atoms with Gasteiger partial charge in [0.1, 0.15) is 6.61 Å². The van der Waals surface area contributed by atoms with Crippen LogP contribution in [0.3, 0.4) is 0 Å². The number of carbonyl (C=O) groups excluding carboxylic acids is 2. The van der Waals surface area contributed by atoms with Crippen LogP contribution in [0, 0.1) is 11.8 Å². The van der Waals surface area contributed by atoms with E-state index in [1.54, 1.807) is 0 Å². The molecule has 0 spiro atoms. The van der Waals surface area contributed by atoms with Crippen molar-refractivity contribution >= 4 is 11.8 Å². The molecule has 4 heteroatoms. The van der Waals surface area contributed by atoms with Crippen molar-refractivity contribution in [3.05, 3.63) is 35.9 Å². The molecule has 1 aromatic carbocycles. The number of fused-ring (bicyclic) bond motifs is 1. The lowest BCUT2D eigenvalue weighted by Crippen LogP contribution is -2.31. The highest BCUT2D eigenvalue weighted by Gasteiger charge is 2.49. The van der Waals surface area contributed by atoms with Gasteiger partial charge < -0.3 is 0 Å². The molecule has 4 nitrogen and oxygen atoms in total.